The maximum Gasteiger partial charge on any atom is 0.254 e. The molecule has 3 atom stereocenters. The SMILES string of the molecule is Cc1cc(C)n(-c2cc(N3CC(C(N)=O)OCC3Cc3cc(C)n(-c4nc(NC5CCC(F)(F)CC5)cc(N5CCO[C@H](CO)C5)n4)n3)nc(NC3CCC(F)(F)CC3)n2)n1. The van der Waals surface area contributed by atoms with E-state index in [0.29, 0.717) is 67.9 Å². The van der Waals surface area contributed by atoms with Crippen LogP contribution >= 0.6 is 0 Å². The molecule has 4 aromatic rings. The number of nitrogens with one attached hydrogen (secondary N) is 2. The number of ether oxygens (including phenoxy) is 2. The van der Waals surface area contributed by atoms with Gasteiger partial charge in [0.05, 0.1) is 49.9 Å². The van der Waals surface area contributed by atoms with Gasteiger partial charge in [-0.15, -0.1) is 0 Å². The van der Waals surface area contributed by atoms with Gasteiger partial charge in [-0.25, -0.2) is 26.9 Å². The van der Waals surface area contributed by atoms with E-state index in [1.54, 1.807) is 21.5 Å². The number of hydrogen-bond donors (Lipinski definition) is 4. The number of anilines is 4. The second-order valence-electron chi connectivity index (χ2n) is 16.8. The first kappa shape index (κ1) is 42.5. The number of aromatic nitrogens is 8. The molecule has 5 N–H and O–H groups in total. The zero-order valence-electron chi connectivity index (χ0n) is 34.5. The number of nitrogens with zero attached hydrogens (tertiary/aromatic N) is 10. The summed E-state index contributed by atoms with van der Waals surface area (Å²) in [4.78, 5) is 35.8. The van der Waals surface area contributed by atoms with Gasteiger partial charge in [0.25, 0.3) is 5.95 Å². The maximum atomic E-state index is 14.1. The summed E-state index contributed by atoms with van der Waals surface area (Å²) in [6.45, 7) is 6.98. The van der Waals surface area contributed by atoms with E-state index in [-0.39, 0.29) is 82.3 Å². The summed E-state index contributed by atoms with van der Waals surface area (Å²) in [7, 11) is 0. The Labute approximate surface area is 350 Å². The Bertz CT molecular complexity index is 2180. The lowest BCUT2D eigenvalue weighted by molar-refractivity contribution is -0.131. The van der Waals surface area contributed by atoms with E-state index in [2.05, 4.69) is 15.7 Å². The van der Waals surface area contributed by atoms with E-state index in [0.717, 1.165) is 17.1 Å². The molecule has 61 heavy (non-hydrogen) atoms. The van der Waals surface area contributed by atoms with Crippen LogP contribution in [0.2, 0.25) is 0 Å². The summed E-state index contributed by atoms with van der Waals surface area (Å²) in [5.74, 6) is -3.56. The number of alkyl halides is 4. The number of aryl methyl sites for hydroxylation is 3. The molecule has 21 heteroatoms. The molecule has 4 aliphatic rings. The van der Waals surface area contributed by atoms with Crippen LogP contribution in [0.5, 0.6) is 0 Å². The number of morpholine rings is 2. The smallest absolute Gasteiger partial charge is 0.254 e. The van der Waals surface area contributed by atoms with Crippen LogP contribution in [-0.2, 0) is 20.7 Å². The van der Waals surface area contributed by atoms with Gasteiger partial charge in [-0.2, -0.15) is 30.1 Å². The van der Waals surface area contributed by atoms with Gasteiger partial charge in [-0.1, -0.05) is 0 Å². The Balaban J connectivity index is 1.10. The standard InChI is InChI=1S/C40H53F4N13O4/c1-23-14-24(2)56(52-23)35-18-34(49-37(50-35)47-27-6-10-40(43,44)11-7-27)55-20-31(36(45)59)61-22-29(55)16-28-15-25(3)57(53-28)38-48-32(46-26-4-8-39(41,42)9-5-26)17-33(51-38)54-12-13-60-30(19-54)21-58/h14-15,17-18,26-27,29-31,58H,4-13,16,19-22H2,1-3H3,(H2,45,59)(H,46,48,51)(H,47,49,50)/t29?,30-,31?/m0/s1. The van der Waals surface area contributed by atoms with E-state index in [1.807, 2.05) is 42.7 Å². The monoisotopic (exact) mass is 855 g/mol. The molecule has 4 fully saturated rings. The number of hydrogen-bond acceptors (Lipinski definition) is 14. The second kappa shape index (κ2) is 17.3. The molecule has 2 aliphatic carbocycles. The molecule has 0 spiro atoms. The van der Waals surface area contributed by atoms with Crippen molar-refractivity contribution in [3.8, 4) is 11.8 Å². The van der Waals surface area contributed by atoms with Crippen LogP contribution < -0.4 is 26.2 Å². The molecule has 0 bridgehead atoms. The van der Waals surface area contributed by atoms with Crippen molar-refractivity contribution in [2.75, 3.05) is 59.9 Å². The van der Waals surface area contributed by atoms with Gasteiger partial charge in [0, 0.05) is 80.8 Å². The van der Waals surface area contributed by atoms with Crippen molar-refractivity contribution in [3.05, 3.63) is 47.0 Å². The molecule has 2 unspecified atom stereocenters. The minimum absolute atomic E-state index is 0.0734. The van der Waals surface area contributed by atoms with E-state index in [1.165, 1.54) is 0 Å². The lowest BCUT2D eigenvalue weighted by Gasteiger charge is -2.39. The number of carbonyl (C=O) groups excluding carboxylic acids is 1. The van der Waals surface area contributed by atoms with Crippen molar-refractivity contribution >= 4 is 29.3 Å². The average Bonchev–Trinajstić information content (AvgIpc) is 3.78. The number of halogens is 4. The Morgan fingerprint density at radius 1 is 0.820 bits per heavy atom. The van der Waals surface area contributed by atoms with Crippen LogP contribution in [0.15, 0.2) is 24.3 Å². The zero-order chi connectivity index (χ0) is 43.1. The summed E-state index contributed by atoms with van der Waals surface area (Å²) >= 11 is 0. The fourth-order valence-corrected chi connectivity index (χ4v) is 8.56. The Morgan fingerprint density at radius 3 is 2.15 bits per heavy atom. The molecule has 2 aliphatic heterocycles. The molecule has 6 heterocycles. The highest BCUT2D eigenvalue weighted by Crippen LogP contribution is 2.36. The highest BCUT2D eigenvalue weighted by Gasteiger charge is 2.38. The van der Waals surface area contributed by atoms with Gasteiger partial charge in [0.15, 0.2) is 11.9 Å². The fraction of sp³-hybridized carbons (Fsp3) is 0.625. The molecule has 4 aromatic heterocycles. The number of carbonyl (C=O) groups is 1. The van der Waals surface area contributed by atoms with E-state index in [9.17, 15) is 27.5 Å². The normalized spacial score (nSPS) is 23.6. The topological polar surface area (TPSA) is 200 Å². The molecule has 8 rings (SSSR count). The van der Waals surface area contributed by atoms with Gasteiger partial charge in [-0.3, -0.25) is 4.79 Å². The summed E-state index contributed by atoms with van der Waals surface area (Å²) < 4.78 is 71.2. The van der Waals surface area contributed by atoms with Crippen molar-refractivity contribution in [1.29, 1.82) is 0 Å². The third-order valence-corrected chi connectivity index (χ3v) is 11.9. The predicted molar refractivity (Wildman–Crippen MR) is 217 cm³/mol. The van der Waals surface area contributed by atoms with Gasteiger partial charge in [0.1, 0.15) is 17.5 Å². The van der Waals surface area contributed by atoms with Crippen LogP contribution in [0.4, 0.5) is 41.0 Å². The third kappa shape index (κ3) is 9.99. The Kier molecular flexibility index (Phi) is 12.1. The fourth-order valence-electron chi connectivity index (χ4n) is 8.56. The number of rotatable bonds is 12. The van der Waals surface area contributed by atoms with Crippen LogP contribution in [0, 0.1) is 20.8 Å². The molecular formula is C40H53F4N13O4. The number of nitrogens with two attached hydrogens (primary N) is 1. The Hall–Kier alpha value is -5.15. The molecule has 2 saturated carbocycles. The van der Waals surface area contributed by atoms with E-state index < -0.39 is 36.0 Å². The van der Waals surface area contributed by atoms with Gasteiger partial charge in [0.2, 0.25) is 23.7 Å². The molecule has 330 valence electrons. The molecule has 2 saturated heterocycles. The summed E-state index contributed by atoms with van der Waals surface area (Å²) in [6, 6.07) is 6.52. The first-order chi connectivity index (χ1) is 29.1. The van der Waals surface area contributed by atoms with Crippen molar-refractivity contribution in [2.24, 2.45) is 5.73 Å². The number of aliphatic hydroxyl groups excluding tert-OH is 1. The minimum atomic E-state index is -2.70. The summed E-state index contributed by atoms with van der Waals surface area (Å²) in [5.41, 5.74) is 8.76. The van der Waals surface area contributed by atoms with Gasteiger partial charge >= 0.3 is 0 Å². The molecule has 17 nitrogen and oxygen atoms in total. The highest BCUT2D eigenvalue weighted by molar-refractivity contribution is 5.80. The quantitative estimate of drug-likeness (QED) is 0.149. The highest BCUT2D eigenvalue weighted by atomic mass is 19.3. The minimum Gasteiger partial charge on any atom is -0.394 e. The predicted octanol–water partition coefficient (Wildman–Crippen LogP) is 4.04. The maximum absolute atomic E-state index is 14.1. The number of amides is 1. The van der Waals surface area contributed by atoms with E-state index in [4.69, 9.17) is 40.2 Å². The summed E-state index contributed by atoms with van der Waals surface area (Å²) in [5, 5.41) is 26.1. The average molecular weight is 856 g/mol. The van der Waals surface area contributed by atoms with E-state index >= 15 is 0 Å². The molecule has 1 amide bonds. The van der Waals surface area contributed by atoms with Crippen LogP contribution in [0.1, 0.15) is 74.1 Å². The first-order valence-electron chi connectivity index (χ1n) is 20.9. The van der Waals surface area contributed by atoms with Crippen molar-refractivity contribution < 1.29 is 36.9 Å². The van der Waals surface area contributed by atoms with Gasteiger partial charge < -0.3 is 40.7 Å². The lowest BCUT2D eigenvalue weighted by Crippen LogP contribution is -2.55. The first-order valence-corrected chi connectivity index (χ1v) is 20.9. The van der Waals surface area contributed by atoms with Gasteiger partial charge in [-0.05, 0) is 58.6 Å². The second-order valence-corrected chi connectivity index (χ2v) is 16.8. The molecule has 0 aromatic carbocycles. The van der Waals surface area contributed by atoms with Crippen LogP contribution in [0.25, 0.3) is 11.8 Å². The summed E-state index contributed by atoms with van der Waals surface area (Å²) in [6.07, 6.45) is -0.814. The van der Waals surface area contributed by atoms with Crippen LogP contribution in [-0.4, -0.2) is 132 Å². The number of primary amides is 1. The molecule has 0 radical (unpaired) electrons. The zero-order valence-corrected chi connectivity index (χ0v) is 34.5. The molecular weight excluding hydrogens is 803 g/mol. The largest absolute Gasteiger partial charge is 0.394 e. The third-order valence-electron chi connectivity index (χ3n) is 11.9. The van der Waals surface area contributed by atoms with Crippen LogP contribution in [0.3, 0.4) is 0 Å². The Morgan fingerprint density at radius 2 is 1.49 bits per heavy atom. The van der Waals surface area contributed by atoms with Crippen molar-refractivity contribution in [3.63, 3.8) is 0 Å². The lowest BCUT2D eigenvalue weighted by atomic mass is 9.92. The number of aliphatic hydroxyl groups is 1. The van der Waals surface area contributed by atoms with Crippen molar-refractivity contribution in [2.45, 2.75) is 121 Å². The van der Waals surface area contributed by atoms with Crippen molar-refractivity contribution in [1.82, 2.24) is 39.5 Å².